The van der Waals surface area contributed by atoms with Crippen molar-refractivity contribution in [1.29, 1.82) is 0 Å². The van der Waals surface area contributed by atoms with Gasteiger partial charge in [-0.1, -0.05) is 23.0 Å². The fraction of sp³-hybridized carbons (Fsp3) is 0.0909. The Hall–Kier alpha value is -3.10. The Balaban J connectivity index is 1.78. The minimum Gasteiger partial charge on any atom is -0.358 e. The van der Waals surface area contributed by atoms with Crippen molar-refractivity contribution in [1.82, 2.24) is 30.0 Å². The van der Waals surface area contributed by atoms with Gasteiger partial charge >= 0.3 is 5.82 Å². The van der Waals surface area contributed by atoms with Crippen LogP contribution in [-0.2, 0) is 6.54 Å². The minimum absolute atomic E-state index is 0.223. The summed E-state index contributed by atoms with van der Waals surface area (Å²) in [4.78, 5) is 12.6. The number of hydrogen-bond donors (Lipinski definition) is 0. The molecule has 0 fully saturated rings. The first-order valence-electron chi connectivity index (χ1n) is 5.73. The smallest absolute Gasteiger partial charge is 0.358 e. The van der Waals surface area contributed by atoms with Crippen LogP contribution in [0.15, 0.2) is 42.7 Å². The predicted molar refractivity (Wildman–Crippen MR) is 67.1 cm³/mol. The van der Waals surface area contributed by atoms with Crippen molar-refractivity contribution in [2.75, 3.05) is 0 Å². The lowest BCUT2D eigenvalue weighted by Crippen LogP contribution is -2.06. The van der Waals surface area contributed by atoms with Crippen LogP contribution in [0, 0.1) is 10.1 Å². The van der Waals surface area contributed by atoms with Crippen molar-refractivity contribution in [2.24, 2.45) is 0 Å². The van der Waals surface area contributed by atoms with Gasteiger partial charge in [0.05, 0.1) is 17.0 Å². The SMILES string of the molecule is O=[N+]([O-])c1cnn(Cc2cnn(-c3ccccc3)n2)n1. The van der Waals surface area contributed by atoms with Crippen molar-refractivity contribution in [3.63, 3.8) is 0 Å². The zero-order valence-corrected chi connectivity index (χ0v) is 10.2. The first kappa shape index (κ1) is 12.0. The summed E-state index contributed by atoms with van der Waals surface area (Å²) in [7, 11) is 0. The second-order valence-corrected chi connectivity index (χ2v) is 3.95. The molecule has 0 atom stereocenters. The maximum atomic E-state index is 10.5. The molecule has 0 bridgehead atoms. The fourth-order valence-electron chi connectivity index (χ4n) is 1.65. The molecule has 0 saturated heterocycles. The second-order valence-electron chi connectivity index (χ2n) is 3.95. The number of rotatable bonds is 4. The highest BCUT2D eigenvalue weighted by atomic mass is 16.6. The molecule has 1 aromatic carbocycles. The van der Waals surface area contributed by atoms with E-state index in [-0.39, 0.29) is 12.4 Å². The summed E-state index contributed by atoms with van der Waals surface area (Å²) in [6.07, 6.45) is 2.67. The number of hydrogen-bond acceptors (Lipinski definition) is 6. The van der Waals surface area contributed by atoms with Crippen molar-refractivity contribution in [3.8, 4) is 5.69 Å². The van der Waals surface area contributed by atoms with Crippen LogP contribution in [0.3, 0.4) is 0 Å². The lowest BCUT2D eigenvalue weighted by atomic mass is 10.3. The highest BCUT2D eigenvalue weighted by molar-refractivity contribution is 5.28. The van der Waals surface area contributed by atoms with Crippen molar-refractivity contribution >= 4 is 5.82 Å². The third kappa shape index (κ3) is 2.36. The summed E-state index contributed by atoms with van der Waals surface area (Å²) in [5.74, 6) is -0.291. The molecule has 3 aromatic rings. The zero-order chi connectivity index (χ0) is 13.9. The van der Waals surface area contributed by atoms with E-state index in [9.17, 15) is 10.1 Å². The third-order valence-corrected chi connectivity index (χ3v) is 2.54. The van der Waals surface area contributed by atoms with Crippen molar-refractivity contribution < 1.29 is 4.92 Å². The molecule has 0 unspecified atom stereocenters. The molecule has 0 aliphatic rings. The monoisotopic (exact) mass is 271 g/mol. The number of aromatic nitrogens is 6. The quantitative estimate of drug-likeness (QED) is 0.513. The normalized spacial score (nSPS) is 10.6. The van der Waals surface area contributed by atoms with Gasteiger partial charge in [-0.15, -0.1) is 5.10 Å². The molecule has 20 heavy (non-hydrogen) atoms. The summed E-state index contributed by atoms with van der Waals surface area (Å²) in [6.45, 7) is 0.223. The summed E-state index contributed by atoms with van der Waals surface area (Å²) in [6, 6.07) is 9.43. The van der Waals surface area contributed by atoms with Gasteiger partial charge in [0.1, 0.15) is 12.2 Å². The van der Waals surface area contributed by atoms with E-state index >= 15 is 0 Å². The van der Waals surface area contributed by atoms with Crippen LogP contribution >= 0.6 is 0 Å². The molecule has 0 saturated carbocycles. The zero-order valence-electron chi connectivity index (χ0n) is 10.2. The third-order valence-electron chi connectivity index (χ3n) is 2.54. The average molecular weight is 271 g/mol. The van der Waals surface area contributed by atoms with Gasteiger partial charge < -0.3 is 10.1 Å². The Morgan fingerprint density at radius 1 is 1.10 bits per heavy atom. The lowest BCUT2D eigenvalue weighted by Gasteiger charge is -1.97. The number of nitrogens with zero attached hydrogens (tertiary/aromatic N) is 7. The Morgan fingerprint density at radius 3 is 2.60 bits per heavy atom. The van der Waals surface area contributed by atoms with Gasteiger partial charge in [0.25, 0.3) is 0 Å². The summed E-state index contributed by atoms with van der Waals surface area (Å²) in [5.41, 5.74) is 1.44. The van der Waals surface area contributed by atoms with Gasteiger partial charge in [-0.2, -0.15) is 15.0 Å². The van der Waals surface area contributed by atoms with E-state index in [1.807, 2.05) is 30.3 Å². The molecule has 9 nitrogen and oxygen atoms in total. The van der Waals surface area contributed by atoms with Crippen LogP contribution in [0.25, 0.3) is 5.69 Å². The second kappa shape index (κ2) is 4.88. The highest BCUT2D eigenvalue weighted by Gasteiger charge is 2.14. The molecule has 0 radical (unpaired) electrons. The first-order valence-corrected chi connectivity index (χ1v) is 5.73. The molecule has 2 aromatic heterocycles. The molecule has 9 heteroatoms. The molecule has 0 N–H and O–H groups in total. The van der Waals surface area contributed by atoms with Crippen LogP contribution in [0.4, 0.5) is 5.82 Å². The predicted octanol–water partition coefficient (Wildman–Crippen LogP) is 0.815. The number of para-hydroxylation sites is 1. The molecule has 3 rings (SSSR count). The molecular weight excluding hydrogens is 262 g/mol. The number of nitro groups is 1. The average Bonchev–Trinajstić information content (AvgIpc) is 3.10. The first-order chi connectivity index (χ1) is 9.72. The van der Waals surface area contributed by atoms with Gasteiger partial charge in [-0.3, -0.25) is 0 Å². The van der Waals surface area contributed by atoms with E-state index in [2.05, 4.69) is 20.4 Å². The standard InChI is InChI=1S/C11H9N7O2/c19-18(20)11-7-12-16(15-11)8-9-6-13-17(14-9)10-4-2-1-3-5-10/h1-7H,8H2. The van der Waals surface area contributed by atoms with Crippen molar-refractivity contribution in [3.05, 3.63) is 58.5 Å². The lowest BCUT2D eigenvalue weighted by molar-refractivity contribution is -0.389. The Labute approximate surface area is 112 Å². The summed E-state index contributed by atoms with van der Waals surface area (Å²) in [5, 5.41) is 26.4. The Bertz CT molecular complexity index is 734. The molecule has 100 valence electrons. The van der Waals surface area contributed by atoms with Gasteiger partial charge in [0.15, 0.2) is 6.20 Å². The van der Waals surface area contributed by atoms with Crippen LogP contribution < -0.4 is 0 Å². The van der Waals surface area contributed by atoms with Crippen LogP contribution in [0.2, 0.25) is 0 Å². The van der Waals surface area contributed by atoms with Crippen molar-refractivity contribution in [2.45, 2.75) is 6.54 Å². The van der Waals surface area contributed by atoms with Gasteiger partial charge in [0, 0.05) is 0 Å². The van der Waals surface area contributed by atoms with Crippen LogP contribution in [0.5, 0.6) is 0 Å². The molecule has 0 amide bonds. The van der Waals surface area contributed by atoms with Crippen LogP contribution in [0.1, 0.15) is 5.69 Å². The van der Waals surface area contributed by atoms with E-state index in [1.165, 1.54) is 9.59 Å². The summed E-state index contributed by atoms with van der Waals surface area (Å²) >= 11 is 0. The van der Waals surface area contributed by atoms with Gasteiger partial charge in [-0.05, 0) is 17.1 Å². The maximum absolute atomic E-state index is 10.5. The van der Waals surface area contributed by atoms with Gasteiger partial charge in [-0.25, -0.2) is 0 Å². The van der Waals surface area contributed by atoms with Gasteiger partial charge in [0.2, 0.25) is 0 Å². The molecule has 0 spiro atoms. The molecular formula is C11H9N7O2. The van der Waals surface area contributed by atoms with E-state index in [4.69, 9.17) is 0 Å². The van der Waals surface area contributed by atoms with E-state index in [0.29, 0.717) is 5.69 Å². The molecule has 0 aliphatic carbocycles. The number of benzene rings is 1. The van der Waals surface area contributed by atoms with E-state index in [0.717, 1.165) is 11.9 Å². The minimum atomic E-state index is -0.593. The van der Waals surface area contributed by atoms with E-state index < -0.39 is 4.92 Å². The topological polar surface area (TPSA) is 105 Å². The largest absolute Gasteiger partial charge is 0.410 e. The Morgan fingerprint density at radius 2 is 1.90 bits per heavy atom. The Kier molecular flexibility index (Phi) is 2.92. The maximum Gasteiger partial charge on any atom is 0.410 e. The fourth-order valence-corrected chi connectivity index (χ4v) is 1.65. The molecule has 0 aliphatic heterocycles. The highest BCUT2D eigenvalue weighted by Crippen LogP contribution is 2.06. The van der Waals surface area contributed by atoms with Crippen LogP contribution in [-0.4, -0.2) is 34.9 Å². The summed E-state index contributed by atoms with van der Waals surface area (Å²) < 4.78 is 0. The molecule has 2 heterocycles. The van der Waals surface area contributed by atoms with E-state index in [1.54, 1.807) is 6.20 Å².